The van der Waals surface area contributed by atoms with Gasteiger partial charge in [-0.15, -0.1) is 0 Å². The molecule has 17 heavy (non-hydrogen) atoms. The van der Waals surface area contributed by atoms with Crippen LogP contribution in [0.4, 0.5) is 0 Å². The summed E-state index contributed by atoms with van der Waals surface area (Å²) >= 11 is 9.09. The molecule has 0 aliphatic carbocycles. The number of aliphatic carboxylic acids is 1. The lowest BCUT2D eigenvalue weighted by atomic mass is 10.2. The second-order valence-corrected chi connectivity index (χ2v) is 4.64. The van der Waals surface area contributed by atoms with E-state index in [0.717, 1.165) is 4.47 Å². The highest BCUT2D eigenvalue weighted by Gasteiger charge is 2.07. The lowest BCUT2D eigenvalue weighted by Gasteiger charge is -2.05. The second-order valence-electron chi connectivity index (χ2n) is 3.38. The molecule has 4 nitrogen and oxygen atoms in total. The zero-order valence-electron chi connectivity index (χ0n) is 8.87. The molecule has 0 unspecified atom stereocenters. The van der Waals surface area contributed by atoms with Crippen molar-refractivity contribution in [2.45, 2.75) is 12.8 Å². The highest BCUT2D eigenvalue weighted by atomic mass is 79.9. The minimum Gasteiger partial charge on any atom is -0.481 e. The molecule has 1 aromatic carbocycles. The van der Waals surface area contributed by atoms with Gasteiger partial charge in [0, 0.05) is 23.0 Å². The fourth-order valence-electron chi connectivity index (χ4n) is 1.18. The summed E-state index contributed by atoms with van der Waals surface area (Å²) in [6, 6.07) is 4.88. The molecule has 0 bridgehead atoms. The molecule has 0 radical (unpaired) electrons. The Morgan fingerprint density at radius 2 is 2.12 bits per heavy atom. The summed E-state index contributed by atoms with van der Waals surface area (Å²) in [7, 11) is 0. The normalized spacial score (nSPS) is 10.0. The molecule has 92 valence electrons. The number of carbonyl (C=O) groups excluding carboxylic acids is 1. The van der Waals surface area contributed by atoms with E-state index in [1.54, 1.807) is 18.2 Å². The van der Waals surface area contributed by atoms with Gasteiger partial charge in [-0.2, -0.15) is 0 Å². The number of amides is 1. The van der Waals surface area contributed by atoms with Gasteiger partial charge in [-0.05, 0) is 40.5 Å². The van der Waals surface area contributed by atoms with E-state index in [4.69, 9.17) is 16.7 Å². The van der Waals surface area contributed by atoms with E-state index in [2.05, 4.69) is 21.2 Å². The molecule has 6 heteroatoms. The summed E-state index contributed by atoms with van der Waals surface area (Å²) in [5.41, 5.74) is 0.452. The molecule has 1 aromatic rings. The highest BCUT2D eigenvalue weighted by Crippen LogP contribution is 2.23. The molecule has 0 saturated heterocycles. The molecule has 0 aliphatic rings. The van der Waals surface area contributed by atoms with E-state index >= 15 is 0 Å². The van der Waals surface area contributed by atoms with Gasteiger partial charge in [0.1, 0.15) is 0 Å². The summed E-state index contributed by atoms with van der Waals surface area (Å²) in [6.45, 7) is 0.332. The van der Waals surface area contributed by atoms with Crippen molar-refractivity contribution in [1.82, 2.24) is 5.32 Å². The van der Waals surface area contributed by atoms with Crippen LogP contribution in [0.3, 0.4) is 0 Å². The van der Waals surface area contributed by atoms with Gasteiger partial charge < -0.3 is 10.4 Å². The Bertz CT molecular complexity index is 437. The summed E-state index contributed by atoms with van der Waals surface area (Å²) in [5.74, 6) is -1.13. The first-order valence-corrected chi connectivity index (χ1v) is 6.13. The quantitative estimate of drug-likeness (QED) is 0.820. The van der Waals surface area contributed by atoms with Gasteiger partial charge in [0.25, 0.3) is 5.91 Å². The number of carbonyl (C=O) groups is 2. The SMILES string of the molecule is O=C(O)CCCNC(=O)c1ccc(Br)c(Cl)c1. The molecule has 0 aromatic heterocycles. The maximum atomic E-state index is 11.6. The number of hydrogen-bond donors (Lipinski definition) is 2. The van der Waals surface area contributed by atoms with Gasteiger partial charge in [0.15, 0.2) is 0 Å². The molecule has 0 spiro atoms. The second kappa shape index (κ2) is 6.61. The van der Waals surface area contributed by atoms with Gasteiger partial charge in [-0.1, -0.05) is 11.6 Å². The first-order valence-electron chi connectivity index (χ1n) is 4.95. The smallest absolute Gasteiger partial charge is 0.303 e. The molecule has 0 fully saturated rings. The van der Waals surface area contributed by atoms with Gasteiger partial charge in [-0.25, -0.2) is 0 Å². The van der Waals surface area contributed by atoms with E-state index in [1.165, 1.54) is 0 Å². The number of nitrogens with one attached hydrogen (secondary N) is 1. The fraction of sp³-hybridized carbons (Fsp3) is 0.273. The van der Waals surface area contributed by atoms with Crippen LogP contribution in [0.1, 0.15) is 23.2 Å². The maximum absolute atomic E-state index is 11.6. The van der Waals surface area contributed by atoms with Crippen LogP contribution < -0.4 is 5.32 Å². The Kier molecular flexibility index (Phi) is 5.44. The molecule has 0 saturated carbocycles. The van der Waals surface area contributed by atoms with Gasteiger partial charge in [0.05, 0.1) is 5.02 Å². The molecule has 1 rings (SSSR count). The third kappa shape index (κ3) is 4.75. The van der Waals surface area contributed by atoms with Crippen molar-refractivity contribution in [1.29, 1.82) is 0 Å². The van der Waals surface area contributed by atoms with Crippen molar-refractivity contribution < 1.29 is 14.7 Å². The number of rotatable bonds is 5. The number of hydrogen-bond acceptors (Lipinski definition) is 2. The number of benzene rings is 1. The van der Waals surface area contributed by atoms with Gasteiger partial charge in [0.2, 0.25) is 0 Å². The van der Waals surface area contributed by atoms with E-state index < -0.39 is 5.97 Å². The molecule has 0 heterocycles. The molecule has 1 amide bonds. The number of carboxylic acid groups (broad SMARTS) is 1. The average Bonchev–Trinajstić information content (AvgIpc) is 2.27. The Morgan fingerprint density at radius 3 is 2.71 bits per heavy atom. The van der Waals surface area contributed by atoms with Gasteiger partial charge in [-0.3, -0.25) is 9.59 Å². The summed E-state index contributed by atoms with van der Waals surface area (Å²) in [6.07, 6.45) is 0.451. The summed E-state index contributed by atoms with van der Waals surface area (Å²) < 4.78 is 0.724. The zero-order valence-corrected chi connectivity index (χ0v) is 11.2. The monoisotopic (exact) mass is 319 g/mol. The minimum atomic E-state index is -0.870. The van der Waals surface area contributed by atoms with E-state index in [-0.39, 0.29) is 12.3 Å². The molecule has 2 N–H and O–H groups in total. The predicted molar refractivity (Wildman–Crippen MR) is 68.4 cm³/mol. The lowest BCUT2D eigenvalue weighted by molar-refractivity contribution is -0.137. The van der Waals surface area contributed by atoms with Crippen LogP contribution in [0.5, 0.6) is 0 Å². The number of carboxylic acids is 1. The van der Waals surface area contributed by atoms with Crippen LogP contribution >= 0.6 is 27.5 Å². The molecular weight excluding hydrogens is 309 g/mol. The van der Waals surface area contributed by atoms with Crippen LogP contribution in [-0.4, -0.2) is 23.5 Å². The molecule has 0 atom stereocenters. The topological polar surface area (TPSA) is 66.4 Å². The largest absolute Gasteiger partial charge is 0.481 e. The zero-order chi connectivity index (χ0) is 12.8. The Balaban J connectivity index is 2.47. The lowest BCUT2D eigenvalue weighted by Crippen LogP contribution is -2.24. The molecule has 0 aliphatic heterocycles. The van der Waals surface area contributed by atoms with Crippen molar-refractivity contribution >= 4 is 39.4 Å². The predicted octanol–water partition coefficient (Wildman–Crippen LogP) is 2.70. The van der Waals surface area contributed by atoms with Crippen LogP contribution in [0.25, 0.3) is 0 Å². The molecular formula is C11H11BrClNO3. The van der Waals surface area contributed by atoms with E-state index in [9.17, 15) is 9.59 Å². The van der Waals surface area contributed by atoms with Gasteiger partial charge >= 0.3 is 5.97 Å². The first-order chi connectivity index (χ1) is 8.00. The van der Waals surface area contributed by atoms with Crippen molar-refractivity contribution in [2.24, 2.45) is 0 Å². The van der Waals surface area contributed by atoms with Crippen molar-refractivity contribution in [3.05, 3.63) is 33.3 Å². The van der Waals surface area contributed by atoms with Crippen LogP contribution in [0, 0.1) is 0 Å². The maximum Gasteiger partial charge on any atom is 0.303 e. The average molecular weight is 321 g/mol. The van der Waals surface area contributed by atoms with Crippen LogP contribution in [0.2, 0.25) is 5.02 Å². The van der Waals surface area contributed by atoms with Crippen molar-refractivity contribution in [3.8, 4) is 0 Å². The van der Waals surface area contributed by atoms with E-state index in [0.29, 0.717) is 23.6 Å². The Labute approximate surface area is 112 Å². The number of halogens is 2. The summed E-state index contributed by atoms with van der Waals surface area (Å²) in [5, 5.41) is 11.5. The Hall–Kier alpha value is -1.07. The van der Waals surface area contributed by atoms with Crippen LogP contribution in [-0.2, 0) is 4.79 Å². The Morgan fingerprint density at radius 1 is 1.41 bits per heavy atom. The van der Waals surface area contributed by atoms with Crippen molar-refractivity contribution in [3.63, 3.8) is 0 Å². The third-order valence-corrected chi connectivity index (χ3v) is 3.27. The van der Waals surface area contributed by atoms with Crippen molar-refractivity contribution in [2.75, 3.05) is 6.54 Å². The first kappa shape index (κ1) is 14.0. The fourth-order valence-corrected chi connectivity index (χ4v) is 1.61. The summed E-state index contributed by atoms with van der Waals surface area (Å²) in [4.78, 5) is 21.9. The standard InChI is InChI=1S/C11H11BrClNO3/c12-8-4-3-7(6-9(8)13)11(17)14-5-1-2-10(15)16/h3-4,6H,1-2,5H2,(H,14,17)(H,15,16). The van der Waals surface area contributed by atoms with Crippen LogP contribution in [0.15, 0.2) is 22.7 Å². The minimum absolute atomic E-state index is 0.0430. The highest BCUT2D eigenvalue weighted by molar-refractivity contribution is 9.10. The van der Waals surface area contributed by atoms with E-state index in [1.807, 2.05) is 0 Å². The third-order valence-electron chi connectivity index (χ3n) is 2.03.